The summed E-state index contributed by atoms with van der Waals surface area (Å²) in [6, 6.07) is 0. The van der Waals surface area contributed by atoms with E-state index in [2.05, 4.69) is 55.5 Å². The summed E-state index contributed by atoms with van der Waals surface area (Å²) in [5.74, 6) is 0.187. The minimum absolute atomic E-state index is 0. The van der Waals surface area contributed by atoms with Gasteiger partial charge >= 0.3 is 0 Å². The van der Waals surface area contributed by atoms with Gasteiger partial charge < -0.3 is 15.5 Å². The van der Waals surface area contributed by atoms with Crippen molar-refractivity contribution in [2.75, 3.05) is 39.3 Å². The van der Waals surface area contributed by atoms with Crippen LogP contribution < -0.4 is 10.6 Å². The number of piperazine rings is 1. The third-order valence-corrected chi connectivity index (χ3v) is 4.47. The highest BCUT2D eigenvalue weighted by atomic mass is 79.9. The number of aromatic amines is 1. The van der Waals surface area contributed by atoms with Crippen LogP contribution in [0.15, 0.2) is 4.47 Å². The second-order valence-corrected chi connectivity index (χ2v) is 6.45. The highest BCUT2D eigenvalue weighted by Crippen LogP contribution is 2.25. The zero-order valence-corrected chi connectivity index (χ0v) is 15.5. The smallest absolute Gasteiger partial charge is 0.272 e. The molecule has 0 atom stereocenters. The van der Waals surface area contributed by atoms with Crippen molar-refractivity contribution >= 4 is 34.2 Å². The van der Waals surface area contributed by atoms with Crippen molar-refractivity contribution in [2.45, 2.75) is 26.2 Å². The molecule has 0 radical (unpaired) electrons. The Morgan fingerprint density at radius 3 is 2.68 bits per heavy atom. The molecule has 1 amide bonds. The van der Waals surface area contributed by atoms with Crippen LogP contribution in [0.4, 0.5) is 0 Å². The molecule has 0 unspecified atom stereocenters. The van der Waals surface area contributed by atoms with E-state index in [1.54, 1.807) is 0 Å². The Bertz CT molecular complexity index is 474. The maximum absolute atomic E-state index is 12.1. The second kappa shape index (κ2) is 9.50. The van der Waals surface area contributed by atoms with E-state index in [1.165, 1.54) is 0 Å². The van der Waals surface area contributed by atoms with Gasteiger partial charge in [0.2, 0.25) is 0 Å². The van der Waals surface area contributed by atoms with Crippen molar-refractivity contribution in [2.24, 2.45) is 0 Å². The number of carbonyl (C=O) groups is 1. The number of hydrogen-bond acceptors (Lipinski definition) is 4. The van der Waals surface area contributed by atoms with Gasteiger partial charge in [-0.05, 0) is 34.8 Å². The number of aromatic nitrogens is 2. The fourth-order valence-corrected chi connectivity index (χ4v) is 3.21. The molecular weight excluding hydrogens is 370 g/mol. The molecule has 1 aromatic heterocycles. The van der Waals surface area contributed by atoms with Crippen molar-refractivity contribution in [3.63, 3.8) is 0 Å². The average molecular weight is 395 g/mol. The molecule has 1 fully saturated rings. The molecule has 0 saturated carbocycles. The van der Waals surface area contributed by atoms with E-state index in [0.717, 1.165) is 49.3 Å². The SMILES string of the molecule is CC(C)c1[nH]nc(C(=O)NCCCN2CCNCC2)c1Br.Cl. The van der Waals surface area contributed by atoms with Gasteiger partial charge in [-0.3, -0.25) is 9.89 Å². The fraction of sp³-hybridized carbons (Fsp3) is 0.714. The van der Waals surface area contributed by atoms with Gasteiger partial charge in [0.15, 0.2) is 5.69 Å². The third kappa shape index (κ3) is 5.22. The van der Waals surface area contributed by atoms with Crippen LogP contribution in [0, 0.1) is 0 Å². The van der Waals surface area contributed by atoms with Gasteiger partial charge in [-0.25, -0.2) is 0 Å². The van der Waals surface area contributed by atoms with E-state index >= 15 is 0 Å². The summed E-state index contributed by atoms with van der Waals surface area (Å²) in [7, 11) is 0. The maximum Gasteiger partial charge on any atom is 0.272 e. The molecule has 0 aromatic carbocycles. The highest BCUT2D eigenvalue weighted by Gasteiger charge is 2.18. The first-order valence-electron chi connectivity index (χ1n) is 7.54. The molecule has 1 saturated heterocycles. The van der Waals surface area contributed by atoms with Crippen molar-refractivity contribution < 1.29 is 4.79 Å². The maximum atomic E-state index is 12.1. The Morgan fingerprint density at radius 1 is 1.41 bits per heavy atom. The van der Waals surface area contributed by atoms with Crippen molar-refractivity contribution in [1.82, 2.24) is 25.7 Å². The average Bonchev–Trinajstić information content (AvgIpc) is 2.86. The summed E-state index contributed by atoms with van der Waals surface area (Å²) < 4.78 is 0.775. The molecule has 0 spiro atoms. The summed E-state index contributed by atoms with van der Waals surface area (Å²) >= 11 is 3.45. The second-order valence-electron chi connectivity index (χ2n) is 5.66. The molecule has 8 heteroatoms. The number of halogens is 2. The van der Waals surface area contributed by atoms with Gasteiger partial charge in [0.1, 0.15) is 0 Å². The highest BCUT2D eigenvalue weighted by molar-refractivity contribution is 9.10. The molecular formula is C14H25BrClN5O. The summed E-state index contributed by atoms with van der Waals surface area (Å²) in [6.07, 6.45) is 0.963. The molecule has 1 aromatic rings. The molecule has 2 rings (SSSR count). The normalized spacial score (nSPS) is 15.6. The van der Waals surface area contributed by atoms with E-state index in [-0.39, 0.29) is 18.3 Å². The van der Waals surface area contributed by atoms with E-state index in [0.29, 0.717) is 18.2 Å². The van der Waals surface area contributed by atoms with Crippen molar-refractivity contribution in [3.8, 4) is 0 Å². The molecule has 126 valence electrons. The summed E-state index contributed by atoms with van der Waals surface area (Å²) in [5.41, 5.74) is 1.40. The van der Waals surface area contributed by atoms with Crippen LogP contribution in [0.3, 0.4) is 0 Å². The first-order valence-corrected chi connectivity index (χ1v) is 8.34. The van der Waals surface area contributed by atoms with E-state index in [1.807, 2.05) is 0 Å². The van der Waals surface area contributed by atoms with E-state index in [4.69, 9.17) is 0 Å². The molecule has 1 aliphatic rings. The van der Waals surface area contributed by atoms with Gasteiger partial charge in [-0.2, -0.15) is 5.10 Å². The first-order chi connectivity index (χ1) is 10.1. The van der Waals surface area contributed by atoms with Crippen molar-refractivity contribution in [1.29, 1.82) is 0 Å². The predicted molar refractivity (Wildman–Crippen MR) is 93.9 cm³/mol. The van der Waals surface area contributed by atoms with Crippen LogP contribution in [0.5, 0.6) is 0 Å². The number of carbonyl (C=O) groups excluding carboxylic acids is 1. The molecule has 22 heavy (non-hydrogen) atoms. The Labute approximate surface area is 146 Å². The fourth-order valence-electron chi connectivity index (χ4n) is 2.40. The number of hydrogen-bond donors (Lipinski definition) is 3. The number of H-pyrrole nitrogens is 1. The summed E-state index contributed by atoms with van der Waals surface area (Å²) in [4.78, 5) is 14.5. The number of amides is 1. The lowest BCUT2D eigenvalue weighted by Gasteiger charge is -2.27. The molecule has 0 bridgehead atoms. The lowest BCUT2D eigenvalue weighted by Crippen LogP contribution is -2.44. The number of rotatable bonds is 6. The predicted octanol–water partition coefficient (Wildman–Crippen LogP) is 1.74. The molecule has 6 nitrogen and oxygen atoms in total. The molecule has 2 heterocycles. The molecule has 1 aliphatic heterocycles. The topological polar surface area (TPSA) is 73.0 Å². The van der Waals surface area contributed by atoms with Crippen LogP contribution in [0.1, 0.15) is 42.4 Å². The van der Waals surface area contributed by atoms with E-state index in [9.17, 15) is 4.79 Å². The van der Waals surface area contributed by atoms with Crippen LogP contribution >= 0.6 is 28.3 Å². The van der Waals surface area contributed by atoms with Crippen molar-refractivity contribution in [3.05, 3.63) is 15.9 Å². The Balaban J connectivity index is 0.00000242. The Kier molecular flexibility index (Phi) is 8.38. The third-order valence-electron chi connectivity index (χ3n) is 3.67. The van der Waals surface area contributed by atoms with Gasteiger partial charge in [-0.15, -0.1) is 12.4 Å². The summed E-state index contributed by atoms with van der Waals surface area (Å²) in [5, 5.41) is 13.3. The Morgan fingerprint density at radius 2 is 2.09 bits per heavy atom. The zero-order chi connectivity index (χ0) is 15.2. The minimum atomic E-state index is -0.120. The minimum Gasteiger partial charge on any atom is -0.351 e. The molecule has 3 N–H and O–H groups in total. The van der Waals surface area contributed by atoms with E-state index < -0.39 is 0 Å². The lowest BCUT2D eigenvalue weighted by atomic mass is 10.1. The number of nitrogens with one attached hydrogen (secondary N) is 3. The van der Waals surface area contributed by atoms with Crippen LogP contribution in [0.2, 0.25) is 0 Å². The van der Waals surface area contributed by atoms with Crippen LogP contribution in [-0.2, 0) is 0 Å². The lowest BCUT2D eigenvalue weighted by molar-refractivity contribution is 0.0945. The Hall–Kier alpha value is -0.630. The van der Waals surface area contributed by atoms with Gasteiger partial charge in [-0.1, -0.05) is 13.8 Å². The first kappa shape index (κ1) is 19.4. The summed E-state index contributed by atoms with van der Waals surface area (Å²) in [6.45, 7) is 10.1. The largest absolute Gasteiger partial charge is 0.351 e. The quantitative estimate of drug-likeness (QED) is 0.643. The van der Waals surface area contributed by atoms with Gasteiger partial charge in [0, 0.05) is 32.7 Å². The van der Waals surface area contributed by atoms with Crippen LogP contribution in [0.25, 0.3) is 0 Å². The zero-order valence-electron chi connectivity index (χ0n) is 13.1. The molecule has 0 aliphatic carbocycles. The number of nitrogens with zero attached hydrogens (tertiary/aromatic N) is 2. The standard InChI is InChI=1S/C14H24BrN5O.ClH/c1-10(2)12-11(15)13(19-18-12)14(21)17-4-3-7-20-8-5-16-6-9-20;/h10,16H,3-9H2,1-2H3,(H,17,21)(H,18,19);1H. The van der Waals surface area contributed by atoms with Gasteiger partial charge in [0.05, 0.1) is 10.2 Å². The van der Waals surface area contributed by atoms with Gasteiger partial charge in [0.25, 0.3) is 5.91 Å². The monoisotopic (exact) mass is 393 g/mol. The van der Waals surface area contributed by atoms with Crippen LogP contribution in [-0.4, -0.2) is 60.3 Å².